The Morgan fingerprint density at radius 2 is 2.03 bits per heavy atom. The largest absolute Gasteiger partial charge is 0.444 e. The molecular formula is C20H34IN5O3. The number of hydrogen-bond acceptors (Lipinski definition) is 5. The van der Waals surface area contributed by atoms with Crippen LogP contribution in [0.5, 0.6) is 0 Å². The number of piperidine rings is 1. The third-order valence-electron chi connectivity index (χ3n) is 5.12. The summed E-state index contributed by atoms with van der Waals surface area (Å²) in [6, 6.07) is 2.06. The molecule has 0 radical (unpaired) electrons. The van der Waals surface area contributed by atoms with Gasteiger partial charge in [-0.25, -0.2) is 4.79 Å². The zero-order valence-corrected chi connectivity index (χ0v) is 20.2. The van der Waals surface area contributed by atoms with Crippen LogP contribution >= 0.6 is 24.0 Å². The monoisotopic (exact) mass is 519 g/mol. The van der Waals surface area contributed by atoms with Gasteiger partial charge < -0.3 is 24.4 Å². The Hall–Kier alpha value is -1.52. The Labute approximate surface area is 190 Å². The van der Waals surface area contributed by atoms with E-state index in [4.69, 9.17) is 9.26 Å². The second-order valence-corrected chi connectivity index (χ2v) is 8.69. The van der Waals surface area contributed by atoms with Gasteiger partial charge in [0.05, 0.1) is 6.54 Å². The van der Waals surface area contributed by atoms with Crippen molar-refractivity contribution < 1.29 is 14.1 Å². The van der Waals surface area contributed by atoms with Crippen molar-refractivity contribution in [2.75, 3.05) is 26.7 Å². The molecule has 29 heavy (non-hydrogen) atoms. The fourth-order valence-corrected chi connectivity index (χ4v) is 3.49. The number of aliphatic imine (C=N–C) groups is 1. The third-order valence-corrected chi connectivity index (χ3v) is 5.12. The highest BCUT2D eigenvalue weighted by molar-refractivity contribution is 14.0. The van der Waals surface area contributed by atoms with E-state index in [2.05, 4.69) is 20.4 Å². The van der Waals surface area contributed by atoms with Crippen LogP contribution in [-0.2, 0) is 11.3 Å². The summed E-state index contributed by atoms with van der Waals surface area (Å²) in [6.07, 6.45) is 5.66. The number of hydrogen-bond donors (Lipinski definition) is 1. The summed E-state index contributed by atoms with van der Waals surface area (Å²) in [6.45, 7) is 8.88. The molecule has 1 aromatic heterocycles. The molecule has 9 heteroatoms. The summed E-state index contributed by atoms with van der Waals surface area (Å²) in [4.78, 5) is 21.4. The van der Waals surface area contributed by atoms with E-state index in [-0.39, 0.29) is 36.1 Å². The van der Waals surface area contributed by atoms with Crippen LogP contribution in [0.1, 0.15) is 52.1 Å². The topological polar surface area (TPSA) is 83.2 Å². The fraction of sp³-hybridized carbons (Fsp3) is 0.750. The maximum atomic E-state index is 12.8. The molecule has 0 unspecified atom stereocenters. The first-order valence-corrected chi connectivity index (χ1v) is 10.2. The van der Waals surface area contributed by atoms with Gasteiger partial charge in [-0.05, 0) is 52.4 Å². The van der Waals surface area contributed by atoms with Crippen LogP contribution < -0.4 is 5.32 Å². The second kappa shape index (κ2) is 10.5. The van der Waals surface area contributed by atoms with Crippen LogP contribution in [0.25, 0.3) is 0 Å². The van der Waals surface area contributed by atoms with Crippen molar-refractivity contribution in [1.29, 1.82) is 0 Å². The molecule has 2 aliphatic rings. The zero-order valence-electron chi connectivity index (χ0n) is 17.9. The van der Waals surface area contributed by atoms with Gasteiger partial charge in [-0.15, -0.1) is 24.0 Å². The number of carbonyl (C=O) groups excluding carboxylic acids is 1. The molecule has 2 heterocycles. The van der Waals surface area contributed by atoms with Crippen LogP contribution in [0, 0.1) is 5.92 Å². The van der Waals surface area contributed by atoms with Crippen molar-refractivity contribution in [3.63, 3.8) is 0 Å². The Morgan fingerprint density at radius 3 is 2.55 bits per heavy atom. The number of nitrogens with one attached hydrogen (secondary N) is 1. The molecule has 164 valence electrons. The molecule has 1 aliphatic heterocycles. The minimum absolute atomic E-state index is 0. The Balaban J connectivity index is 0.00000300. The van der Waals surface area contributed by atoms with Crippen LogP contribution in [0.4, 0.5) is 4.79 Å². The number of ether oxygens (including phenoxy) is 1. The first kappa shape index (κ1) is 23.8. The molecule has 1 saturated heterocycles. The van der Waals surface area contributed by atoms with E-state index in [1.165, 1.54) is 12.8 Å². The van der Waals surface area contributed by atoms with Crippen LogP contribution in [-0.4, -0.2) is 65.3 Å². The lowest BCUT2D eigenvalue weighted by atomic mass is 10.0. The van der Waals surface area contributed by atoms with Crippen molar-refractivity contribution in [2.24, 2.45) is 10.9 Å². The molecular weight excluding hydrogens is 485 g/mol. The number of halogens is 1. The average Bonchev–Trinajstić information content (AvgIpc) is 3.32. The quantitative estimate of drug-likeness (QED) is 0.365. The molecule has 0 atom stereocenters. The molecule has 1 saturated carbocycles. The van der Waals surface area contributed by atoms with E-state index < -0.39 is 5.60 Å². The minimum Gasteiger partial charge on any atom is -0.444 e. The third kappa shape index (κ3) is 7.35. The number of nitrogens with zero attached hydrogens (tertiary/aromatic N) is 4. The smallest absolute Gasteiger partial charge is 0.410 e. The fourth-order valence-electron chi connectivity index (χ4n) is 3.49. The number of guanidine groups is 1. The number of rotatable bonds is 5. The van der Waals surface area contributed by atoms with Gasteiger partial charge in [0, 0.05) is 38.8 Å². The summed E-state index contributed by atoms with van der Waals surface area (Å²) < 4.78 is 10.5. The molecule has 1 aromatic rings. The van der Waals surface area contributed by atoms with Crippen molar-refractivity contribution in [3.8, 4) is 0 Å². The molecule has 3 rings (SSSR count). The van der Waals surface area contributed by atoms with E-state index in [1.54, 1.807) is 13.3 Å². The highest BCUT2D eigenvalue weighted by Gasteiger charge is 2.35. The Bertz CT molecular complexity index is 662. The minimum atomic E-state index is -0.466. The van der Waals surface area contributed by atoms with Crippen molar-refractivity contribution in [2.45, 2.75) is 64.6 Å². The first-order chi connectivity index (χ1) is 13.4. The lowest BCUT2D eigenvalue weighted by Gasteiger charge is -2.40. The van der Waals surface area contributed by atoms with Gasteiger partial charge in [0.15, 0.2) is 5.96 Å². The Kier molecular flexibility index (Phi) is 8.59. The molecule has 1 aliphatic carbocycles. The summed E-state index contributed by atoms with van der Waals surface area (Å²) in [7, 11) is 1.79. The molecule has 1 N–H and O–H groups in total. The van der Waals surface area contributed by atoms with E-state index in [0.717, 1.165) is 44.1 Å². The first-order valence-electron chi connectivity index (χ1n) is 10.2. The standard InChI is InChI=1S/C20H33N5O3.HI/c1-20(2,3)28-19(26)25(14-15-5-6-15)17-7-10-24(11-8-17)18(21-4)22-13-16-9-12-27-23-16;/h9,12,15,17H,5-8,10-11,13-14H2,1-4H3,(H,21,22);1H. The van der Waals surface area contributed by atoms with Gasteiger partial charge >= 0.3 is 6.09 Å². The van der Waals surface area contributed by atoms with Gasteiger partial charge in [0.1, 0.15) is 17.6 Å². The number of amides is 1. The molecule has 1 amide bonds. The maximum Gasteiger partial charge on any atom is 0.410 e. The molecule has 8 nitrogen and oxygen atoms in total. The zero-order chi connectivity index (χ0) is 20.1. The average molecular weight is 519 g/mol. The highest BCUT2D eigenvalue weighted by Crippen LogP contribution is 2.32. The van der Waals surface area contributed by atoms with Crippen molar-refractivity contribution >= 4 is 36.0 Å². The maximum absolute atomic E-state index is 12.8. The number of likely N-dealkylation sites (tertiary alicyclic amines) is 1. The normalized spacial score (nSPS) is 18.2. The van der Waals surface area contributed by atoms with Gasteiger partial charge in [0.25, 0.3) is 0 Å². The molecule has 0 aromatic carbocycles. The lowest BCUT2D eigenvalue weighted by molar-refractivity contribution is 0.00928. The molecule has 0 spiro atoms. The summed E-state index contributed by atoms with van der Waals surface area (Å²) in [5.74, 6) is 1.50. The second-order valence-electron chi connectivity index (χ2n) is 8.69. The predicted molar refractivity (Wildman–Crippen MR) is 122 cm³/mol. The highest BCUT2D eigenvalue weighted by atomic mass is 127. The van der Waals surface area contributed by atoms with Crippen molar-refractivity contribution in [3.05, 3.63) is 18.0 Å². The summed E-state index contributed by atoms with van der Waals surface area (Å²) in [5, 5.41) is 7.25. The van der Waals surface area contributed by atoms with Gasteiger partial charge in [0.2, 0.25) is 0 Å². The van der Waals surface area contributed by atoms with Crippen LogP contribution in [0.15, 0.2) is 21.8 Å². The molecule has 0 bridgehead atoms. The van der Waals surface area contributed by atoms with Crippen molar-refractivity contribution in [1.82, 2.24) is 20.3 Å². The lowest BCUT2D eigenvalue weighted by Crippen LogP contribution is -2.52. The van der Waals surface area contributed by atoms with Gasteiger partial charge in [-0.2, -0.15) is 0 Å². The van der Waals surface area contributed by atoms with Crippen LogP contribution in [0.3, 0.4) is 0 Å². The SMILES string of the molecule is CN=C(NCc1ccon1)N1CCC(N(CC2CC2)C(=O)OC(C)(C)C)CC1.I. The van der Waals surface area contributed by atoms with Crippen LogP contribution in [0.2, 0.25) is 0 Å². The van der Waals surface area contributed by atoms with E-state index in [1.807, 2.05) is 31.7 Å². The van der Waals surface area contributed by atoms with Gasteiger partial charge in [-0.3, -0.25) is 4.99 Å². The number of aromatic nitrogens is 1. The summed E-state index contributed by atoms with van der Waals surface area (Å²) >= 11 is 0. The summed E-state index contributed by atoms with van der Waals surface area (Å²) in [5.41, 5.74) is 0.378. The van der Waals surface area contributed by atoms with Gasteiger partial charge in [-0.1, -0.05) is 5.16 Å². The van der Waals surface area contributed by atoms with E-state index in [9.17, 15) is 4.79 Å². The van der Waals surface area contributed by atoms with E-state index >= 15 is 0 Å². The van der Waals surface area contributed by atoms with E-state index in [0.29, 0.717) is 12.5 Å². The molecule has 2 fully saturated rings. The predicted octanol–water partition coefficient (Wildman–Crippen LogP) is 3.48. The Morgan fingerprint density at radius 1 is 1.34 bits per heavy atom. The number of carbonyl (C=O) groups is 1.